The van der Waals surface area contributed by atoms with Crippen LogP contribution in [-0.2, 0) is 19.4 Å². The van der Waals surface area contributed by atoms with Crippen molar-refractivity contribution in [3.05, 3.63) is 15.6 Å². The molecule has 0 spiro atoms. The van der Waals surface area contributed by atoms with Gasteiger partial charge in [0.25, 0.3) is 0 Å². The second-order valence-corrected chi connectivity index (χ2v) is 7.08. The van der Waals surface area contributed by atoms with Gasteiger partial charge in [-0.05, 0) is 32.1 Å². The van der Waals surface area contributed by atoms with Crippen LogP contribution < -0.4 is 5.32 Å². The molecule has 3 nitrogen and oxygen atoms in total. The van der Waals surface area contributed by atoms with Crippen LogP contribution in [0.5, 0.6) is 0 Å². The summed E-state index contributed by atoms with van der Waals surface area (Å²) < 4.78 is 0. The largest absolute Gasteiger partial charge is 0.312 e. The number of aromatic nitrogens is 1. The molecule has 0 saturated carbocycles. The first kappa shape index (κ1) is 15.2. The first-order valence-electron chi connectivity index (χ1n) is 7.14. The Hall–Kier alpha value is -0.160. The van der Waals surface area contributed by atoms with Gasteiger partial charge in [0.15, 0.2) is 0 Å². The van der Waals surface area contributed by atoms with E-state index in [0.717, 1.165) is 32.1 Å². The van der Waals surface area contributed by atoms with Crippen molar-refractivity contribution >= 4 is 23.7 Å². The number of nitrogens with zero attached hydrogens (tertiary/aromatic N) is 2. The first-order valence-corrected chi connectivity index (χ1v) is 7.95. The van der Waals surface area contributed by atoms with Crippen LogP contribution in [-0.4, -0.2) is 35.6 Å². The predicted molar refractivity (Wildman–Crippen MR) is 83.3 cm³/mol. The molecule has 2 unspecified atom stereocenters. The molecule has 2 atom stereocenters. The van der Waals surface area contributed by atoms with Crippen LogP contribution in [0.3, 0.4) is 0 Å². The van der Waals surface area contributed by atoms with Crippen LogP contribution >= 0.6 is 23.7 Å². The number of rotatable bonds is 2. The third kappa shape index (κ3) is 3.69. The average Bonchev–Trinajstić information content (AvgIpc) is 2.70. The van der Waals surface area contributed by atoms with Gasteiger partial charge < -0.3 is 5.32 Å². The second kappa shape index (κ2) is 6.53. The quantitative estimate of drug-likeness (QED) is 0.910. The molecule has 19 heavy (non-hydrogen) atoms. The number of fused-ring (bicyclic) bond motifs is 1. The maximum absolute atomic E-state index is 4.86. The number of hydrogen-bond acceptors (Lipinski definition) is 4. The Bertz CT molecular complexity index is 421. The SMILES string of the molecule is CC1CCc2nc(CN3CCNC(C)C3)sc2C1.Cl. The van der Waals surface area contributed by atoms with Crippen LogP contribution in [0.2, 0.25) is 0 Å². The minimum absolute atomic E-state index is 0. The lowest BCUT2D eigenvalue weighted by Crippen LogP contribution is -2.48. The third-order valence-electron chi connectivity index (χ3n) is 4.04. The van der Waals surface area contributed by atoms with Gasteiger partial charge in [0, 0.05) is 30.6 Å². The van der Waals surface area contributed by atoms with E-state index in [9.17, 15) is 0 Å². The first-order chi connectivity index (χ1) is 8.70. The molecule has 0 amide bonds. The van der Waals surface area contributed by atoms with Crippen LogP contribution in [0.4, 0.5) is 0 Å². The molecule has 1 aliphatic carbocycles. The molecule has 108 valence electrons. The molecule has 0 aromatic carbocycles. The summed E-state index contributed by atoms with van der Waals surface area (Å²) in [5.74, 6) is 0.852. The Labute approximate surface area is 126 Å². The van der Waals surface area contributed by atoms with Gasteiger partial charge in [0.1, 0.15) is 5.01 Å². The molecular formula is C14H24ClN3S. The minimum Gasteiger partial charge on any atom is -0.312 e. The standard InChI is InChI=1S/C14H23N3S.ClH/c1-10-3-4-12-13(7-10)18-14(16-12)9-17-6-5-15-11(2)8-17;/h10-11,15H,3-9H2,1-2H3;1H. The number of piperazine rings is 1. The second-order valence-electron chi connectivity index (χ2n) is 5.92. The van der Waals surface area contributed by atoms with E-state index in [2.05, 4.69) is 24.1 Å². The summed E-state index contributed by atoms with van der Waals surface area (Å²) in [5, 5.41) is 4.83. The fourth-order valence-electron chi connectivity index (χ4n) is 3.01. The van der Waals surface area contributed by atoms with Crippen molar-refractivity contribution in [3.8, 4) is 0 Å². The van der Waals surface area contributed by atoms with E-state index >= 15 is 0 Å². The summed E-state index contributed by atoms with van der Waals surface area (Å²) in [6.07, 6.45) is 3.77. The number of aryl methyl sites for hydroxylation is 1. The fraction of sp³-hybridized carbons (Fsp3) is 0.786. The zero-order valence-electron chi connectivity index (χ0n) is 11.8. The average molecular weight is 302 g/mol. The smallest absolute Gasteiger partial charge is 0.107 e. The number of hydrogen-bond donors (Lipinski definition) is 1. The normalized spacial score (nSPS) is 27.7. The van der Waals surface area contributed by atoms with E-state index in [-0.39, 0.29) is 12.4 Å². The Morgan fingerprint density at radius 3 is 3.05 bits per heavy atom. The van der Waals surface area contributed by atoms with Gasteiger partial charge in [-0.3, -0.25) is 4.90 Å². The lowest BCUT2D eigenvalue weighted by atomic mass is 9.93. The van der Waals surface area contributed by atoms with Gasteiger partial charge >= 0.3 is 0 Å². The summed E-state index contributed by atoms with van der Waals surface area (Å²) in [4.78, 5) is 8.96. The van der Waals surface area contributed by atoms with Crippen molar-refractivity contribution in [1.82, 2.24) is 15.2 Å². The molecular weight excluding hydrogens is 278 g/mol. The Morgan fingerprint density at radius 1 is 1.42 bits per heavy atom. The molecule has 1 aliphatic heterocycles. The van der Waals surface area contributed by atoms with Gasteiger partial charge in [-0.25, -0.2) is 4.98 Å². The van der Waals surface area contributed by atoms with Crippen molar-refractivity contribution < 1.29 is 0 Å². The molecule has 5 heteroatoms. The highest BCUT2D eigenvalue weighted by Crippen LogP contribution is 2.30. The molecule has 2 heterocycles. The van der Waals surface area contributed by atoms with Gasteiger partial charge in [0.05, 0.1) is 12.2 Å². The predicted octanol–water partition coefficient (Wildman–Crippen LogP) is 2.48. The Kier molecular flexibility index (Phi) is 5.23. The maximum atomic E-state index is 4.86. The molecule has 0 bridgehead atoms. The van der Waals surface area contributed by atoms with E-state index in [4.69, 9.17) is 4.98 Å². The lowest BCUT2D eigenvalue weighted by Gasteiger charge is -2.31. The summed E-state index contributed by atoms with van der Waals surface area (Å²) in [7, 11) is 0. The van der Waals surface area contributed by atoms with E-state index in [1.54, 1.807) is 4.88 Å². The molecule has 3 rings (SSSR count). The van der Waals surface area contributed by atoms with Crippen LogP contribution in [0.1, 0.15) is 35.8 Å². The lowest BCUT2D eigenvalue weighted by molar-refractivity contribution is 0.199. The highest BCUT2D eigenvalue weighted by atomic mass is 35.5. The monoisotopic (exact) mass is 301 g/mol. The topological polar surface area (TPSA) is 28.2 Å². The molecule has 2 aliphatic rings. The van der Waals surface area contributed by atoms with Gasteiger partial charge in [-0.1, -0.05) is 6.92 Å². The fourth-order valence-corrected chi connectivity index (χ4v) is 4.33. The van der Waals surface area contributed by atoms with E-state index in [1.165, 1.54) is 30.0 Å². The minimum atomic E-state index is 0. The van der Waals surface area contributed by atoms with Crippen molar-refractivity contribution in [2.24, 2.45) is 5.92 Å². The van der Waals surface area contributed by atoms with E-state index < -0.39 is 0 Å². The zero-order chi connectivity index (χ0) is 12.5. The van der Waals surface area contributed by atoms with E-state index in [0.29, 0.717) is 6.04 Å². The Morgan fingerprint density at radius 2 is 2.26 bits per heavy atom. The van der Waals surface area contributed by atoms with Crippen LogP contribution in [0.15, 0.2) is 0 Å². The third-order valence-corrected chi connectivity index (χ3v) is 5.15. The summed E-state index contributed by atoms with van der Waals surface area (Å²) >= 11 is 1.96. The number of nitrogens with one attached hydrogen (secondary N) is 1. The molecule has 1 N–H and O–H groups in total. The van der Waals surface area contributed by atoms with Gasteiger partial charge in [0.2, 0.25) is 0 Å². The van der Waals surface area contributed by atoms with Crippen molar-refractivity contribution in [2.45, 2.75) is 45.7 Å². The zero-order valence-corrected chi connectivity index (χ0v) is 13.4. The summed E-state index contributed by atoms with van der Waals surface area (Å²) in [6.45, 7) is 9.11. The summed E-state index contributed by atoms with van der Waals surface area (Å²) in [6, 6.07) is 0.619. The van der Waals surface area contributed by atoms with Gasteiger partial charge in [-0.15, -0.1) is 23.7 Å². The highest BCUT2D eigenvalue weighted by molar-refractivity contribution is 7.11. The van der Waals surface area contributed by atoms with E-state index in [1.807, 2.05) is 11.3 Å². The van der Waals surface area contributed by atoms with Gasteiger partial charge in [-0.2, -0.15) is 0 Å². The number of thiazole rings is 1. The van der Waals surface area contributed by atoms with Crippen molar-refractivity contribution in [2.75, 3.05) is 19.6 Å². The molecule has 1 aromatic heterocycles. The Balaban J connectivity index is 0.00000133. The summed E-state index contributed by atoms with van der Waals surface area (Å²) in [5.41, 5.74) is 1.40. The molecule has 1 aromatic rings. The molecule has 0 radical (unpaired) electrons. The van der Waals surface area contributed by atoms with Crippen LogP contribution in [0, 0.1) is 5.92 Å². The number of halogens is 1. The van der Waals surface area contributed by atoms with Crippen LogP contribution in [0.25, 0.3) is 0 Å². The van der Waals surface area contributed by atoms with Crippen molar-refractivity contribution in [3.63, 3.8) is 0 Å². The highest BCUT2D eigenvalue weighted by Gasteiger charge is 2.22. The maximum Gasteiger partial charge on any atom is 0.107 e. The molecule has 1 fully saturated rings. The molecule has 1 saturated heterocycles. The van der Waals surface area contributed by atoms with Crippen molar-refractivity contribution in [1.29, 1.82) is 0 Å².